The van der Waals surface area contributed by atoms with Gasteiger partial charge in [0, 0.05) is 43.1 Å². The highest BCUT2D eigenvalue weighted by Gasteiger charge is 2.23. The number of hydrogen-bond acceptors (Lipinski definition) is 3. The van der Waals surface area contributed by atoms with E-state index < -0.39 is 0 Å². The molecule has 0 aliphatic carbocycles. The minimum Gasteiger partial charge on any atom is -0.493 e. The molecule has 1 aliphatic rings. The second-order valence-electron chi connectivity index (χ2n) is 7.94. The van der Waals surface area contributed by atoms with E-state index >= 15 is 0 Å². The molecular weight excluding hydrogens is 431 g/mol. The predicted molar refractivity (Wildman–Crippen MR) is 131 cm³/mol. The Kier molecular flexibility index (Phi) is 10.7. The lowest BCUT2D eigenvalue weighted by atomic mass is 9.96. The van der Waals surface area contributed by atoms with Gasteiger partial charge in [0.15, 0.2) is 0 Å². The Morgan fingerprint density at radius 1 is 1.00 bits per heavy atom. The zero-order valence-electron chi connectivity index (χ0n) is 19.0. The van der Waals surface area contributed by atoms with Gasteiger partial charge in [-0.15, -0.1) is 11.6 Å². The van der Waals surface area contributed by atoms with Crippen LogP contribution in [0.2, 0.25) is 5.02 Å². The van der Waals surface area contributed by atoms with Gasteiger partial charge in [-0.25, -0.2) is 0 Å². The zero-order chi connectivity index (χ0) is 22.8. The number of carbonyl (C=O) groups is 1. The van der Waals surface area contributed by atoms with Crippen LogP contribution in [0.25, 0.3) is 0 Å². The van der Waals surface area contributed by atoms with Crippen LogP contribution >= 0.6 is 23.2 Å². The van der Waals surface area contributed by atoms with E-state index in [-0.39, 0.29) is 0 Å². The van der Waals surface area contributed by atoms with Crippen molar-refractivity contribution in [1.29, 1.82) is 0 Å². The molecule has 2 aromatic rings. The van der Waals surface area contributed by atoms with Crippen molar-refractivity contribution >= 4 is 29.6 Å². The molecule has 0 saturated carbocycles. The summed E-state index contributed by atoms with van der Waals surface area (Å²) in [5.74, 6) is 1.58. The Morgan fingerprint density at radius 3 is 2.19 bits per heavy atom. The van der Waals surface area contributed by atoms with E-state index in [0.29, 0.717) is 18.5 Å². The first kappa shape index (κ1) is 25.5. The molecule has 1 atom stereocenters. The molecule has 6 heteroatoms. The first-order chi connectivity index (χ1) is 14.9. The van der Waals surface area contributed by atoms with Gasteiger partial charge in [-0.05, 0) is 69.0 Å². The van der Waals surface area contributed by atoms with Crippen molar-refractivity contribution in [3.63, 3.8) is 0 Å². The third-order valence-corrected chi connectivity index (χ3v) is 6.34. The van der Waals surface area contributed by atoms with Gasteiger partial charge < -0.3 is 9.64 Å². The number of halogens is 2. The third-order valence-electron chi connectivity index (χ3n) is 5.82. The van der Waals surface area contributed by atoms with Crippen molar-refractivity contribution in [3.05, 3.63) is 63.7 Å². The Morgan fingerprint density at radius 2 is 1.65 bits per heavy atom. The van der Waals surface area contributed by atoms with Gasteiger partial charge in [-0.1, -0.05) is 35.4 Å². The maximum absolute atomic E-state index is 10.8. The van der Waals surface area contributed by atoms with Gasteiger partial charge in [-0.3, -0.25) is 9.69 Å². The maximum atomic E-state index is 10.8. The van der Waals surface area contributed by atoms with Crippen LogP contribution in [0.15, 0.2) is 36.4 Å². The summed E-state index contributed by atoms with van der Waals surface area (Å²) in [5.41, 5.74) is 5.08. The highest BCUT2D eigenvalue weighted by atomic mass is 35.5. The molecule has 0 radical (unpaired) electrons. The van der Waals surface area contributed by atoms with Crippen molar-refractivity contribution in [2.75, 3.05) is 38.7 Å². The van der Waals surface area contributed by atoms with Gasteiger partial charge in [0.2, 0.25) is 6.41 Å². The van der Waals surface area contributed by atoms with Gasteiger partial charge in [0.05, 0.1) is 6.61 Å². The van der Waals surface area contributed by atoms with E-state index in [9.17, 15) is 4.79 Å². The molecule has 0 spiro atoms. The van der Waals surface area contributed by atoms with E-state index in [1.807, 2.05) is 36.1 Å². The molecule has 3 rings (SSSR count). The number of alkyl halides is 1. The fourth-order valence-electron chi connectivity index (χ4n) is 3.62. The maximum Gasteiger partial charge on any atom is 0.209 e. The van der Waals surface area contributed by atoms with Crippen molar-refractivity contribution in [1.82, 2.24) is 9.80 Å². The topological polar surface area (TPSA) is 32.8 Å². The number of amides is 1. The summed E-state index contributed by atoms with van der Waals surface area (Å²) in [6.07, 6.45) is 1.81. The van der Waals surface area contributed by atoms with E-state index in [1.54, 1.807) is 0 Å². The zero-order valence-corrected chi connectivity index (χ0v) is 20.5. The minimum atomic E-state index is 0.347. The molecule has 31 heavy (non-hydrogen) atoms. The fraction of sp³-hybridized carbons (Fsp3) is 0.480. The number of piperazine rings is 1. The van der Waals surface area contributed by atoms with E-state index in [1.165, 1.54) is 22.3 Å². The van der Waals surface area contributed by atoms with Gasteiger partial charge in [0.25, 0.3) is 0 Å². The van der Waals surface area contributed by atoms with Gasteiger partial charge in [0.1, 0.15) is 5.75 Å². The van der Waals surface area contributed by atoms with Crippen LogP contribution in [0.3, 0.4) is 0 Å². The minimum absolute atomic E-state index is 0.347. The largest absolute Gasteiger partial charge is 0.493 e. The second kappa shape index (κ2) is 12.9. The molecule has 0 bridgehead atoms. The molecule has 1 unspecified atom stereocenters. The normalized spacial score (nSPS) is 15.1. The van der Waals surface area contributed by atoms with Crippen LogP contribution in [0.5, 0.6) is 5.75 Å². The van der Waals surface area contributed by atoms with Crippen LogP contribution in [-0.2, 0) is 4.79 Å². The lowest BCUT2D eigenvalue weighted by Crippen LogP contribution is -2.46. The van der Waals surface area contributed by atoms with E-state index in [4.69, 9.17) is 27.9 Å². The lowest BCUT2D eigenvalue weighted by molar-refractivity contribution is -0.120. The Bertz CT molecular complexity index is 798. The fourth-order valence-corrected chi connectivity index (χ4v) is 3.86. The Balaban J connectivity index is 0.000000357. The first-order valence-electron chi connectivity index (χ1n) is 10.8. The number of hydrogen-bond donors (Lipinski definition) is 0. The van der Waals surface area contributed by atoms with E-state index in [0.717, 1.165) is 49.8 Å². The molecule has 1 amide bonds. The smallest absolute Gasteiger partial charge is 0.209 e. The average molecular weight is 465 g/mol. The summed E-state index contributed by atoms with van der Waals surface area (Å²) in [7, 11) is 0. The average Bonchev–Trinajstić information content (AvgIpc) is 2.79. The highest BCUT2D eigenvalue weighted by Crippen LogP contribution is 2.31. The van der Waals surface area contributed by atoms with Gasteiger partial charge in [-0.2, -0.15) is 0 Å². The van der Waals surface area contributed by atoms with Crippen molar-refractivity contribution in [2.45, 2.75) is 40.2 Å². The molecule has 0 N–H and O–H groups in total. The number of nitrogens with zero attached hydrogens (tertiary/aromatic N) is 2. The molecule has 1 saturated heterocycles. The van der Waals surface area contributed by atoms with Crippen LogP contribution in [-0.4, -0.2) is 54.9 Å². The van der Waals surface area contributed by atoms with Crippen molar-refractivity contribution in [2.24, 2.45) is 0 Å². The first-order valence-corrected chi connectivity index (χ1v) is 11.7. The number of ether oxygens (including phenoxy) is 1. The Labute approximate surface area is 197 Å². The van der Waals surface area contributed by atoms with Gasteiger partial charge >= 0.3 is 0 Å². The predicted octanol–water partition coefficient (Wildman–Crippen LogP) is 5.79. The van der Waals surface area contributed by atoms with Crippen LogP contribution in [0.1, 0.15) is 41.6 Å². The Hall–Kier alpha value is -1.75. The molecule has 4 nitrogen and oxygen atoms in total. The van der Waals surface area contributed by atoms with E-state index in [2.05, 4.69) is 37.8 Å². The monoisotopic (exact) mass is 464 g/mol. The summed E-state index contributed by atoms with van der Waals surface area (Å²) < 4.78 is 5.82. The third kappa shape index (κ3) is 7.71. The molecule has 1 fully saturated rings. The van der Waals surface area contributed by atoms with Crippen LogP contribution < -0.4 is 4.74 Å². The van der Waals surface area contributed by atoms with Crippen LogP contribution in [0, 0.1) is 20.8 Å². The summed E-state index contributed by atoms with van der Waals surface area (Å²) in [6.45, 7) is 12.7. The van der Waals surface area contributed by atoms with Crippen molar-refractivity contribution in [3.8, 4) is 5.75 Å². The second-order valence-corrected chi connectivity index (χ2v) is 8.76. The van der Waals surface area contributed by atoms with Crippen molar-refractivity contribution < 1.29 is 9.53 Å². The summed E-state index contributed by atoms with van der Waals surface area (Å²) >= 11 is 11.3. The molecule has 2 aromatic carbocycles. The number of aryl methyl sites for hydroxylation is 1. The lowest BCUT2D eigenvalue weighted by Gasteiger charge is -2.37. The van der Waals surface area contributed by atoms with Crippen LogP contribution in [0.4, 0.5) is 0 Å². The quantitative estimate of drug-likeness (QED) is 0.295. The number of carbonyl (C=O) groups excluding carboxylic acids is 1. The molecular formula is C25H34Cl2N2O2. The summed E-state index contributed by atoms with van der Waals surface area (Å²) in [6, 6.07) is 12.3. The molecule has 0 aromatic heterocycles. The molecule has 1 aliphatic heterocycles. The number of rotatable bonds is 7. The SMILES string of the molecule is Cc1c(OCCCCl)ccc(C(C)N2CCN(C=O)CC2)c1C.Cc1ccc(Cl)cc1. The molecule has 1 heterocycles. The summed E-state index contributed by atoms with van der Waals surface area (Å²) in [5, 5.41) is 0.801. The standard InChI is InChI=1S/C18H27ClN2O2.C7H7Cl/c1-14-15(2)18(23-12-4-7-19)6-5-17(14)16(3)21-10-8-20(13-22)9-11-21;1-6-2-4-7(8)5-3-6/h5-6,13,16H,4,7-12H2,1-3H3;2-5H,1H3. The molecule has 170 valence electrons. The highest BCUT2D eigenvalue weighted by molar-refractivity contribution is 6.30. The number of benzene rings is 2. The summed E-state index contributed by atoms with van der Waals surface area (Å²) in [4.78, 5) is 15.1.